The molecule has 1 atom stereocenters. The molecule has 0 saturated heterocycles. The van der Waals surface area contributed by atoms with E-state index in [4.69, 9.17) is 4.74 Å². The van der Waals surface area contributed by atoms with Gasteiger partial charge in [-0.25, -0.2) is 14.8 Å². The van der Waals surface area contributed by atoms with Crippen molar-refractivity contribution in [3.05, 3.63) is 18.2 Å². The average Bonchev–Trinajstić information content (AvgIpc) is 2.43. The zero-order valence-electron chi connectivity index (χ0n) is 13.0. The van der Waals surface area contributed by atoms with Crippen LogP contribution in [0.2, 0.25) is 0 Å². The van der Waals surface area contributed by atoms with Crippen molar-refractivity contribution in [3.63, 3.8) is 0 Å². The van der Waals surface area contributed by atoms with E-state index < -0.39 is 6.03 Å². The number of nitrogens with one attached hydrogen (secondary N) is 2. The Hall–Kier alpha value is -1.73. The first kappa shape index (κ1) is 17.3. The zero-order chi connectivity index (χ0) is 15.9. The van der Waals surface area contributed by atoms with E-state index in [0.717, 1.165) is 0 Å². The molecule has 7 heteroatoms. The number of ether oxygens (including phenoxy) is 1. The third-order valence-corrected chi connectivity index (χ3v) is 2.81. The van der Waals surface area contributed by atoms with Gasteiger partial charge in [0.2, 0.25) is 0 Å². The minimum Gasteiger partial charge on any atom is -0.394 e. The Morgan fingerprint density at radius 1 is 1.38 bits per heavy atom. The minimum atomic E-state index is -0.405. The summed E-state index contributed by atoms with van der Waals surface area (Å²) in [5.41, 5.74) is 0.368. The Bertz CT molecular complexity index is 443. The quantitative estimate of drug-likeness (QED) is 0.735. The van der Waals surface area contributed by atoms with Gasteiger partial charge >= 0.3 is 6.03 Å². The second-order valence-electron chi connectivity index (χ2n) is 5.80. The van der Waals surface area contributed by atoms with Crippen LogP contribution in [0.1, 0.15) is 33.0 Å². The van der Waals surface area contributed by atoms with Gasteiger partial charge in [0.25, 0.3) is 0 Å². The Morgan fingerprint density at radius 3 is 2.48 bits per heavy atom. The molecule has 1 unspecified atom stereocenters. The summed E-state index contributed by atoms with van der Waals surface area (Å²) in [6.45, 7) is 6.38. The van der Waals surface area contributed by atoms with Gasteiger partial charge in [0.05, 0.1) is 30.7 Å². The van der Waals surface area contributed by atoms with Crippen molar-refractivity contribution >= 4 is 11.7 Å². The lowest BCUT2D eigenvalue weighted by Gasteiger charge is -2.17. The fraction of sp³-hybridized carbons (Fsp3) is 0.643. The van der Waals surface area contributed by atoms with Crippen LogP contribution in [0.15, 0.2) is 12.4 Å². The number of hydrogen-bond donors (Lipinski definition) is 3. The largest absolute Gasteiger partial charge is 0.394 e. The predicted octanol–water partition coefficient (Wildman–Crippen LogP) is 1.29. The molecule has 0 bridgehead atoms. The van der Waals surface area contributed by atoms with Crippen molar-refractivity contribution in [1.82, 2.24) is 15.3 Å². The fourth-order valence-corrected chi connectivity index (χ4v) is 1.60. The average molecular weight is 296 g/mol. The van der Waals surface area contributed by atoms with E-state index in [0.29, 0.717) is 24.5 Å². The van der Waals surface area contributed by atoms with Crippen LogP contribution in [0.25, 0.3) is 0 Å². The van der Waals surface area contributed by atoms with Crippen molar-refractivity contribution in [2.75, 3.05) is 25.6 Å². The van der Waals surface area contributed by atoms with Gasteiger partial charge in [0.15, 0.2) is 0 Å². The summed E-state index contributed by atoms with van der Waals surface area (Å²) in [6, 6.07) is -0.753. The van der Waals surface area contributed by atoms with Gasteiger partial charge in [0, 0.05) is 19.1 Å². The summed E-state index contributed by atoms with van der Waals surface area (Å²) >= 11 is 0. The lowest BCUT2D eigenvalue weighted by molar-refractivity contribution is 0.161. The van der Waals surface area contributed by atoms with E-state index in [9.17, 15) is 9.90 Å². The molecule has 0 radical (unpaired) electrons. The number of aliphatic hydroxyl groups is 1. The van der Waals surface area contributed by atoms with Crippen molar-refractivity contribution in [3.8, 4) is 0 Å². The monoisotopic (exact) mass is 296 g/mol. The molecule has 118 valence electrons. The molecule has 1 aromatic heterocycles. The number of methoxy groups -OCH3 is 1. The van der Waals surface area contributed by atoms with Crippen molar-refractivity contribution in [2.45, 2.75) is 38.6 Å². The molecule has 1 rings (SSSR count). The van der Waals surface area contributed by atoms with Crippen LogP contribution >= 0.6 is 0 Å². The van der Waals surface area contributed by atoms with Gasteiger partial charge in [0.1, 0.15) is 5.82 Å². The number of urea groups is 1. The summed E-state index contributed by atoms with van der Waals surface area (Å²) in [7, 11) is 1.57. The molecule has 0 aromatic carbocycles. The van der Waals surface area contributed by atoms with E-state index in [2.05, 4.69) is 20.6 Å². The van der Waals surface area contributed by atoms with Gasteiger partial charge < -0.3 is 20.5 Å². The highest BCUT2D eigenvalue weighted by Gasteiger charge is 2.17. The molecule has 3 N–H and O–H groups in total. The van der Waals surface area contributed by atoms with E-state index in [1.54, 1.807) is 19.5 Å². The molecule has 0 aliphatic carbocycles. The zero-order valence-corrected chi connectivity index (χ0v) is 13.0. The number of aromatic nitrogens is 2. The number of amides is 2. The maximum absolute atomic E-state index is 11.8. The first-order valence-electron chi connectivity index (χ1n) is 6.86. The third kappa shape index (κ3) is 6.05. The predicted molar refractivity (Wildman–Crippen MR) is 80.3 cm³/mol. The van der Waals surface area contributed by atoms with Crippen LogP contribution in [0.4, 0.5) is 10.5 Å². The molecule has 0 aliphatic heterocycles. The van der Waals surface area contributed by atoms with Crippen LogP contribution in [0.5, 0.6) is 0 Å². The number of rotatable bonds is 6. The molecule has 0 aliphatic rings. The SMILES string of the molecule is COCCC(CO)NC(=O)Nc1cnc(C(C)(C)C)nc1. The Balaban J connectivity index is 2.54. The lowest BCUT2D eigenvalue weighted by Crippen LogP contribution is -2.40. The molecule has 7 nitrogen and oxygen atoms in total. The summed E-state index contributed by atoms with van der Waals surface area (Å²) in [5.74, 6) is 0.710. The van der Waals surface area contributed by atoms with Gasteiger partial charge in [-0.1, -0.05) is 20.8 Å². The summed E-state index contributed by atoms with van der Waals surface area (Å²) in [5, 5.41) is 14.5. The molecule has 0 spiro atoms. The lowest BCUT2D eigenvalue weighted by atomic mass is 9.96. The van der Waals surface area contributed by atoms with Crippen LogP contribution in [0, 0.1) is 0 Å². The number of carbonyl (C=O) groups is 1. The number of hydrogen-bond acceptors (Lipinski definition) is 5. The second-order valence-corrected chi connectivity index (χ2v) is 5.80. The second kappa shape index (κ2) is 7.90. The van der Waals surface area contributed by atoms with Gasteiger partial charge in [-0.3, -0.25) is 0 Å². The number of aliphatic hydroxyl groups excluding tert-OH is 1. The Labute approximate surface area is 125 Å². The highest BCUT2D eigenvalue weighted by Crippen LogP contribution is 2.18. The molecule has 0 fully saturated rings. The van der Waals surface area contributed by atoms with Gasteiger partial charge in [-0.15, -0.1) is 0 Å². The number of anilines is 1. The fourth-order valence-electron chi connectivity index (χ4n) is 1.60. The molecule has 1 heterocycles. The van der Waals surface area contributed by atoms with Crippen molar-refractivity contribution < 1.29 is 14.6 Å². The highest BCUT2D eigenvalue weighted by atomic mass is 16.5. The van der Waals surface area contributed by atoms with Crippen LogP contribution < -0.4 is 10.6 Å². The van der Waals surface area contributed by atoms with Crippen LogP contribution in [-0.4, -0.2) is 47.5 Å². The standard InChI is InChI=1S/C14H24N4O3/c1-14(2,3)12-15-7-11(8-16-12)18-13(20)17-10(9-19)5-6-21-4/h7-8,10,19H,5-6,9H2,1-4H3,(H2,17,18,20). The van der Waals surface area contributed by atoms with Crippen molar-refractivity contribution in [1.29, 1.82) is 0 Å². The Morgan fingerprint density at radius 2 is 2.00 bits per heavy atom. The molecule has 0 saturated carbocycles. The minimum absolute atomic E-state index is 0.136. The maximum atomic E-state index is 11.8. The molecular formula is C14H24N4O3. The van der Waals surface area contributed by atoms with Crippen molar-refractivity contribution in [2.24, 2.45) is 0 Å². The molecule has 2 amide bonds. The summed E-state index contributed by atoms with van der Waals surface area (Å²) < 4.78 is 4.92. The van der Waals surface area contributed by atoms with E-state index in [-0.39, 0.29) is 18.1 Å². The van der Waals surface area contributed by atoms with Gasteiger partial charge in [-0.05, 0) is 6.42 Å². The third-order valence-electron chi connectivity index (χ3n) is 2.81. The molecular weight excluding hydrogens is 272 g/mol. The summed E-state index contributed by atoms with van der Waals surface area (Å²) in [4.78, 5) is 20.3. The van der Waals surface area contributed by atoms with Crippen LogP contribution in [-0.2, 0) is 10.2 Å². The number of nitrogens with zero attached hydrogens (tertiary/aromatic N) is 2. The summed E-state index contributed by atoms with van der Waals surface area (Å²) in [6.07, 6.45) is 3.67. The van der Waals surface area contributed by atoms with E-state index >= 15 is 0 Å². The molecule has 21 heavy (non-hydrogen) atoms. The van der Waals surface area contributed by atoms with Gasteiger partial charge in [-0.2, -0.15) is 0 Å². The normalized spacial score (nSPS) is 12.8. The van der Waals surface area contributed by atoms with E-state index in [1.807, 2.05) is 20.8 Å². The highest BCUT2D eigenvalue weighted by molar-refractivity contribution is 5.89. The van der Waals surface area contributed by atoms with Crippen LogP contribution in [0.3, 0.4) is 0 Å². The molecule has 1 aromatic rings. The maximum Gasteiger partial charge on any atom is 0.319 e. The Kier molecular flexibility index (Phi) is 6.51. The smallest absolute Gasteiger partial charge is 0.319 e. The number of carbonyl (C=O) groups excluding carboxylic acids is 1. The first-order chi connectivity index (χ1) is 9.86. The van der Waals surface area contributed by atoms with E-state index in [1.165, 1.54) is 0 Å². The topological polar surface area (TPSA) is 96.4 Å². The first-order valence-corrected chi connectivity index (χ1v) is 6.86.